The molecule has 6 heteroatoms. The Morgan fingerprint density at radius 3 is 3.20 bits per heavy atom. The number of hydrogen-bond donors (Lipinski definition) is 3. The molecule has 0 aromatic carbocycles. The Morgan fingerprint density at radius 1 is 1.73 bits per heavy atom. The van der Waals surface area contributed by atoms with Crippen LogP contribution in [0, 0.1) is 0 Å². The van der Waals surface area contributed by atoms with Gasteiger partial charge >= 0.3 is 0 Å². The lowest BCUT2D eigenvalue weighted by Gasteiger charge is -2.23. The third-order valence-corrected chi connectivity index (χ3v) is 2.48. The molecule has 1 aromatic heterocycles. The molecule has 0 spiro atoms. The summed E-state index contributed by atoms with van der Waals surface area (Å²) >= 11 is 0. The van der Waals surface area contributed by atoms with Crippen LogP contribution in [-0.4, -0.2) is 30.2 Å². The van der Waals surface area contributed by atoms with Gasteiger partial charge in [-0.25, -0.2) is 0 Å². The van der Waals surface area contributed by atoms with Gasteiger partial charge in [-0.1, -0.05) is 5.16 Å². The van der Waals surface area contributed by atoms with Crippen molar-refractivity contribution in [2.75, 3.05) is 18.8 Å². The summed E-state index contributed by atoms with van der Waals surface area (Å²) in [6, 6.07) is 0.167. The summed E-state index contributed by atoms with van der Waals surface area (Å²) < 4.78 is 4.63. The van der Waals surface area contributed by atoms with E-state index >= 15 is 0 Å². The number of nitrogens with zero attached hydrogens (tertiary/aromatic N) is 1. The third-order valence-electron chi connectivity index (χ3n) is 2.48. The maximum Gasteiger partial charge on any atom is 0.258 e. The zero-order valence-electron chi connectivity index (χ0n) is 8.32. The SMILES string of the molecule is Nc1oncc1C(=O)NC1CCCNC1. The molecule has 1 fully saturated rings. The number of rotatable bonds is 2. The van der Waals surface area contributed by atoms with Gasteiger partial charge in [0.1, 0.15) is 5.56 Å². The summed E-state index contributed by atoms with van der Waals surface area (Å²) in [5, 5.41) is 9.56. The Labute approximate surface area is 87.2 Å². The van der Waals surface area contributed by atoms with Crippen molar-refractivity contribution >= 4 is 11.8 Å². The number of nitrogens with two attached hydrogens (primary N) is 1. The first kappa shape index (κ1) is 9.97. The number of nitrogens with one attached hydrogen (secondary N) is 2. The van der Waals surface area contributed by atoms with Gasteiger partial charge in [0.2, 0.25) is 5.88 Å². The number of amides is 1. The van der Waals surface area contributed by atoms with E-state index in [0.29, 0.717) is 5.56 Å². The van der Waals surface area contributed by atoms with Crippen molar-refractivity contribution in [3.8, 4) is 0 Å². The third kappa shape index (κ3) is 2.27. The standard InChI is InChI=1S/C9H14N4O2/c10-8-7(5-12-15-8)9(14)13-6-2-1-3-11-4-6/h5-6,11H,1-4,10H2,(H,13,14). The van der Waals surface area contributed by atoms with Crippen LogP contribution in [0.25, 0.3) is 0 Å². The molecule has 1 amide bonds. The molecule has 4 N–H and O–H groups in total. The van der Waals surface area contributed by atoms with Crippen LogP contribution in [0.1, 0.15) is 23.2 Å². The molecule has 6 nitrogen and oxygen atoms in total. The molecule has 1 unspecified atom stereocenters. The number of aromatic nitrogens is 1. The molecule has 1 aromatic rings. The minimum atomic E-state index is -0.220. The van der Waals surface area contributed by atoms with Gasteiger partial charge in [0.25, 0.3) is 5.91 Å². The molecule has 0 bridgehead atoms. The number of nitrogen functional groups attached to an aromatic ring is 1. The molecule has 1 aliphatic heterocycles. The number of carbonyl (C=O) groups excluding carboxylic acids is 1. The van der Waals surface area contributed by atoms with E-state index in [-0.39, 0.29) is 17.8 Å². The van der Waals surface area contributed by atoms with E-state index in [2.05, 4.69) is 20.3 Å². The summed E-state index contributed by atoms with van der Waals surface area (Å²) in [6.45, 7) is 1.82. The molecule has 2 rings (SSSR count). The van der Waals surface area contributed by atoms with Gasteiger partial charge in [0.05, 0.1) is 6.20 Å². The molecule has 2 heterocycles. The highest BCUT2D eigenvalue weighted by Crippen LogP contribution is 2.10. The first-order valence-corrected chi connectivity index (χ1v) is 4.99. The van der Waals surface area contributed by atoms with E-state index in [1.165, 1.54) is 6.20 Å². The normalized spacial score (nSPS) is 21.2. The topological polar surface area (TPSA) is 93.2 Å². The Bertz CT molecular complexity index is 344. The van der Waals surface area contributed by atoms with Crippen LogP contribution >= 0.6 is 0 Å². The lowest BCUT2D eigenvalue weighted by Crippen LogP contribution is -2.45. The molecule has 0 radical (unpaired) electrons. The summed E-state index contributed by atoms with van der Waals surface area (Å²) in [6.07, 6.45) is 3.40. The van der Waals surface area contributed by atoms with Gasteiger partial charge in [0.15, 0.2) is 0 Å². The van der Waals surface area contributed by atoms with Gasteiger partial charge in [-0.05, 0) is 19.4 Å². The molecule has 1 atom stereocenters. The van der Waals surface area contributed by atoms with Crippen molar-refractivity contribution < 1.29 is 9.32 Å². The first-order valence-electron chi connectivity index (χ1n) is 4.99. The molecular weight excluding hydrogens is 196 g/mol. The second kappa shape index (κ2) is 4.31. The van der Waals surface area contributed by atoms with Crippen molar-refractivity contribution in [2.45, 2.75) is 18.9 Å². The molecule has 0 saturated carbocycles. The van der Waals surface area contributed by atoms with Crippen LogP contribution < -0.4 is 16.4 Å². The van der Waals surface area contributed by atoms with Crippen LogP contribution in [0.3, 0.4) is 0 Å². The molecule has 15 heavy (non-hydrogen) atoms. The highest BCUT2D eigenvalue weighted by molar-refractivity contribution is 5.97. The Morgan fingerprint density at radius 2 is 2.60 bits per heavy atom. The average Bonchev–Trinajstić information content (AvgIpc) is 2.66. The second-order valence-corrected chi connectivity index (χ2v) is 3.62. The lowest BCUT2D eigenvalue weighted by atomic mass is 10.1. The number of piperidine rings is 1. The lowest BCUT2D eigenvalue weighted by molar-refractivity contribution is 0.0931. The Hall–Kier alpha value is -1.56. The van der Waals surface area contributed by atoms with Crippen molar-refractivity contribution in [2.24, 2.45) is 0 Å². The van der Waals surface area contributed by atoms with E-state index in [1.54, 1.807) is 0 Å². The minimum Gasteiger partial charge on any atom is -0.367 e. The fourth-order valence-electron chi connectivity index (χ4n) is 1.66. The van der Waals surface area contributed by atoms with Crippen molar-refractivity contribution in [1.82, 2.24) is 15.8 Å². The largest absolute Gasteiger partial charge is 0.367 e. The summed E-state index contributed by atoms with van der Waals surface area (Å²) in [5.74, 6) is -0.154. The smallest absolute Gasteiger partial charge is 0.258 e. The fourth-order valence-corrected chi connectivity index (χ4v) is 1.66. The zero-order valence-corrected chi connectivity index (χ0v) is 8.32. The molecule has 1 aliphatic rings. The number of anilines is 1. The highest BCUT2D eigenvalue weighted by Gasteiger charge is 2.19. The van der Waals surface area contributed by atoms with Gasteiger partial charge in [-0.3, -0.25) is 4.79 Å². The Balaban J connectivity index is 1.94. The fraction of sp³-hybridized carbons (Fsp3) is 0.556. The van der Waals surface area contributed by atoms with E-state index in [9.17, 15) is 4.79 Å². The second-order valence-electron chi connectivity index (χ2n) is 3.62. The number of carbonyl (C=O) groups is 1. The van der Waals surface area contributed by atoms with Crippen molar-refractivity contribution in [3.05, 3.63) is 11.8 Å². The maximum absolute atomic E-state index is 11.7. The average molecular weight is 210 g/mol. The molecule has 82 valence electrons. The van der Waals surface area contributed by atoms with Crippen molar-refractivity contribution in [1.29, 1.82) is 0 Å². The van der Waals surface area contributed by atoms with Gasteiger partial charge in [-0.15, -0.1) is 0 Å². The van der Waals surface area contributed by atoms with Gasteiger partial charge < -0.3 is 20.9 Å². The van der Waals surface area contributed by atoms with Crippen LogP contribution in [-0.2, 0) is 0 Å². The van der Waals surface area contributed by atoms with Crippen LogP contribution in [0.2, 0.25) is 0 Å². The van der Waals surface area contributed by atoms with Crippen molar-refractivity contribution in [3.63, 3.8) is 0 Å². The predicted octanol–water partition coefficient (Wildman–Crippen LogP) is -0.261. The van der Waals surface area contributed by atoms with Gasteiger partial charge in [-0.2, -0.15) is 0 Å². The first-order chi connectivity index (χ1) is 7.27. The van der Waals surface area contributed by atoms with Crippen LogP contribution in [0.4, 0.5) is 5.88 Å². The molecule has 0 aliphatic carbocycles. The van der Waals surface area contributed by atoms with Crippen LogP contribution in [0.15, 0.2) is 10.7 Å². The zero-order chi connectivity index (χ0) is 10.7. The number of hydrogen-bond acceptors (Lipinski definition) is 5. The molecule has 1 saturated heterocycles. The predicted molar refractivity (Wildman–Crippen MR) is 54.3 cm³/mol. The van der Waals surface area contributed by atoms with E-state index < -0.39 is 0 Å². The van der Waals surface area contributed by atoms with E-state index in [0.717, 1.165) is 25.9 Å². The van der Waals surface area contributed by atoms with Crippen LogP contribution in [0.5, 0.6) is 0 Å². The minimum absolute atomic E-state index is 0.0660. The highest BCUT2D eigenvalue weighted by atomic mass is 16.5. The summed E-state index contributed by atoms with van der Waals surface area (Å²) in [5.41, 5.74) is 5.75. The quantitative estimate of drug-likeness (QED) is 0.625. The van der Waals surface area contributed by atoms with E-state index in [1.807, 2.05) is 0 Å². The molecular formula is C9H14N4O2. The monoisotopic (exact) mass is 210 g/mol. The maximum atomic E-state index is 11.7. The van der Waals surface area contributed by atoms with E-state index in [4.69, 9.17) is 5.73 Å². The summed E-state index contributed by atoms with van der Waals surface area (Å²) in [4.78, 5) is 11.7. The summed E-state index contributed by atoms with van der Waals surface area (Å²) in [7, 11) is 0. The van der Waals surface area contributed by atoms with Gasteiger partial charge in [0, 0.05) is 12.6 Å². The Kier molecular flexibility index (Phi) is 2.86.